The average Bonchev–Trinajstić information content (AvgIpc) is 2.99. The van der Waals surface area contributed by atoms with E-state index < -0.39 is 9.84 Å². The van der Waals surface area contributed by atoms with Crippen molar-refractivity contribution >= 4 is 9.84 Å². The van der Waals surface area contributed by atoms with Crippen LogP contribution in [0.25, 0.3) is 0 Å². The van der Waals surface area contributed by atoms with Crippen LogP contribution < -0.4 is 5.32 Å². The van der Waals surface area contributed by atoms with E-state index in [4.69, 9.17) is 0 Å². The second-order valence-electron chi connectivity index (χ2n) is 6.37. The first kappa shape index (κ1) is 17.4. The molecule has 2 rings (SSSR count). The Balaban J connectivity index is 1.97. The molecular formula is C16H27N3O2S. The van der Waals surface area contributed by atoms with Gasteiger partial charge in [-0.05, 0) is 50.9 Å². The van der Waals surface area contributed by atoms with Gasteiger partial charge in [0.25, 0.3) is 0 Å². The predicted octanol–water partition coefficient (Wildman–Crippen LogP) is 1.32. The molecule has 1 aliphatic rings. The maximum absolute atomic E-state index is 12.1. The summed E-state index contributed by atoms with van der Waals surface area (Å²) < 4.78 is 24.1. The predicted molar refractivity (Wildman–Crippen MR) is 89.4 cm³/mol. The summed E-state index contributed by atoms with van der Waals surface area (Å²) in [6.07, 6.45) is 4.79. The molecule has 6 heteroatoms. The van der Waals surface area contributed by atoms with E-state index in [-0.39, 0.29) is 11.0 Å². The molecular weight excluding hydrogens is 298 g/mol. The van der Waals surface area contributed by atoms with Gasteiger partial charge in [-0.25, -0.2) is 8.42 Å². The third-order valence-electron chi connectivity index (χ3n) is 4.22. The number of pyridine rings is 1. The molecule has 22 heavy (non-hydrogen) atoms. The van der Waals surface area contributed by atoms with Crippen molar-refractivity contribution in [1.82, 2.24) is 15.2 Å². The molecule has 0 aromatic carbocycles. The minimum Gasteiger partial charge on any atom is -0.316 e. The molecule has 0 bridgehead atoms. The van der Waals surface area contributed by atoms with Crippen LogP contribution in [-0.4, -0.2) is 55.5 Å². The number of rotatable bonds is 8. The summed E-state index contributed by atoms with van der Waals surface area (Å²) in [4.78, 5) is 6.41. The zero-order chi connectivity index (χ0) is 16.0. The number of sulfone groups is 1. The lowest BCUT2D eigenvalue weighted by Gasteiger charge is -2.25. The van der Waals surface area contributed by atoms with Crippen LogP contribution in [-0.2, 0) is 16.4 Å². The van der Waals surface area contributed by atoms with E-state index in [1.54, 1.807) is 20.0 Å². The molecule has 0 radical (unpaired) electrons. The van der Waals surface area contributed by atoms with E-state index in [0.29, 0.717) is 12.5 Å². The third kappa shape index (κ3) is 5.34. The molecule has 2 heterocycles. The second kappa shape index (κ2) is 8.04. The number of hydrogen-bond donors (Lipinski definition) is 1. The standard InChI is InChI=1S/C16H27N3O2S/c1-14(2)22(20,21)9-8-19(13-16-5-7-18-11-16)12-15-4-3-6-17-10-15/h3-4,6,10,14,16,18H,5,7-9,11-13H2,1-2H3. The van der Waals surface area contributed by atoms with Crippen molar-refractivity contribution in [3.8, 4) is 0 Å². The molecule has 1 aliphatic heterocycles. The highest BCUT2D eigenvalue weighted by atomic mass is 32.2. The monoisotopic (exact) mass is 325 g/mol. The summed E-state index contributed by atoms with van der Waals surface area (Å²) >= 11 is 0. The van der Waals surface area contributed by atoms with Gasteiger partial charge in [0.1, 0.15) is 0 Å². The van der Waals surface area contributed by atoms with Gasteiger partial charge in [-0.1, -0.05) is 6.07 Å². The molecule has 124 valence electrons. The number of nitrogens with one attached hydrogen (secondary N) is 1. The van der Waals surface area contributed by atoms with Crippen molar-refractivity contribution in [3.05, 3.63) is 30.1 Å². The quantitative estimate of drug-likeness (QED) is 0.781. The summed E-state index contributed by atoms with van der Waals surface area (Å²) in [5.41, 5.74) is 1.13. The Labute approximate surface area is 134 Å². The third-order valence-corrected chi connectivity index (χ3v) is 6.41. The smallest absolute Gasteiger partial charge is 0.153 e. The Hall–Kier alpha value is -0.980. The van der Waals surface area contributed by atoms with Gasteiger partial charge >= 0.3 is 0 Å². The van der Waals surface area contributed by atoms with Gasteiger partial charge in [0.05, 0.1) is 11.0 Å². The Bertz CT molecular complexity index is 540. The summed E-state index contributed by atoms with van der Waals surface area (Å²) in [6.45, 7) is 7.89. The molecule has 1 N–H and O–H groups in total. The first-order valence-electron chi connectivity index (χ1n) is 8.01. The molecule has 1 atom stereocenters. The molecule has 1 aromatic heterocycles. The minimum absolute atomic E-state index is 0.227. The Morgan fingerprint density at radius 1 is 1.45 bits per heavy atom. The van der Waals surface area contributed by atoms with E-state index in [1.165, 1.54) is 6.42 Å². The van der Waals surface area contributed by atoms with Crippen LogP contribution in [0.5, 0.6) is 0 Å². The molecule has 0 spiro atoms. The summed E-state index contributed by atoms with van der Waals surface area (Å²) in [5.74, 6) is 0.837. The van der Waals surface area contributed by atoms with Crippen molar-refractivity contribution in [1.29, 1.82) is 0 Å². The largest absolute Gasteiger partial charge is 0.316 e. The summed E-state index contributed by atoms with van der Waals surface area (Å²) in [7, 11) is -2.99. The van der Waals surface area contributed by atoms with Crippen LogP contribution in [0.3, 0.4) is 0 Å². The van der Waals surface area contributed by atoms with Crippen molar-refractivity contribution in [2.24, 2.45) is 5.92 Å². The van der Waals surface area contributed by atoms with Gasteiger partial charge in [-0.15, -0.1) is 0 Å². The van der Waals surface area contributed by atoms with E-state index in [1.807, 2.05) is 18.3 Å². The molecule has 1 unspecified atom stereocenters. The van der Waals surface area contributed by atoms with Gasteiger partial charge < -0.3 is 5.32 Å². The van der Waals surface area contributed by atoms with Crippen LogP contribution in [0.15, 0.2) is 24.5 Å². The maximum atomic E-state index is 12.1. The van der Waals surface area contributed by atoms with Crippen molar-refractivity contribution in [2.75, 3.05) is 31.9 Å². The van der Waals surface area contributed by atoms with E-state index in [2.05, 4.69) is 15.2 Å². The molecule has 1 saturated heterocycles. The lowest BCUT2D eigenvalue weighted by atomic mass is 10.1. The normalized spacial score (nSPS) is 19.2. The molecule has 0 amide bonds. The van der Waals surface area contributed by atoms with Crippen LogP contribution in [0.1, 0.15) is 25.8 Å². The Morgan fingerprint density at radius 3 is 2.86 bits per heavy atom. The molecule has 0 aliphatic carbocycles. The van der Waals surface area contributed by atoms with Gasteiger partial charge in [0.15, 0.2) is 9.84 Å². The van der Waals surface area contributed by atoms with Crippen LogP contribution in [0.4, 0.5) is 0 Å². The fraction of sp³-hybridized carbons (Fsp3) is 0.688. The first-order chi connectivity index (χ1) is 10.5. The average molecular weight is 325 g/mol. The van der Waals surface area contributed by atoms with Gasteiger partial charge in [0, 0.05) is 32.0 Å². The van der Waals surface area contributed by atoms with Gasteiger partial charge in [0.2, 0.25) is 0 Å². The zero-order valence-electron chi connectivity index (χ0n) is 13.5. The second-order valence-corrected chi connectivity index (χ2v) is 9.05. The number of aromatic nitrogens is 1. The molecule has 1 aromatic rings. The van der Waals surface area contributed by atoms with Crippen LogP contribution >= 0.6 is 0 Å². The van der Waals surface area contributed by atoms with Crippen molar-refractivity contribution in [3.63, 3.8) is 0 Å². The highest BCUT2D eigenvalue weighted by Crippen LogP contribution is 2.13. The molecule has 0 saturated carbocycles. The fourth-order valence-corrected chi connectivity index (χ4v) is 3.70. The summed E-state index contributed by atoms with van der Waals surface area (Å²) in [6, 6.07) is 3.97. The highest BCUT2D eigenvalue weighted by Gasteiger charge is 2.22. The van der Waals surface area contributed by atoms with Crippen molar-refractivity contribution in [2.45, 2.75) is 32.1 Å². The Kier molecular flexibility index (Phi) is 6.35. The van der Waals surface area contributed by atoms with E-state index >= 15 is 0 Å². The minimum atomic E-state index is -2.99. The number of nitrogens with zero attached hydrogens (tertiary/aromatic N) is 2. The summed E-state index contributed by atoms with van der Waals surface area (Å²) in [5, 5.41) is 3.07. The van der Waals surface area contributed by atoms with Gasteiger partial charge in [-0.3, -0.25) is 9.88 Å². The zero-order valence-corrected chi connectivity index (χ0v) is 14.3. The lowest BCUT2D eigenvalue weighted by molar-refractivity contribution is 0.241. The Morgan fingerprint density at radius 2 is 2.27 bits per heavy atom. The van der Waals surface area contributed by atoms with E-state index in [0.717, 1.165) is 31.7 Å². The van der Waals surface area contributed by atoms with Gasteiger partial charge in [-0.2, -0.15) is 0 Å². The molecule has 5 nitrogen and oxygen atoms in total. The first-order valence-corrected chi connectivity index (χ1v) is 9.72. The highest BCUT2D eigenvalue weighted by molar-refractivity contribution is 7.92. The lowest BCUT2D eigenvalue weighted by Crippen LogP contribution is -2.35. The van der Waals surface area contributed by atoms with Crippen LogP contribution in [0, 0.1) is 5.92 Å². The fourth-order valence-electron chi connectivity index (χ4n) is 2.71. The maximum Gasteiger partial charge on any atom is 0.153 e. The number of hydrogen-bond acceptors (Lipinski definition) is 5. The molecule has 1 fully saturated rings. The van der Waals surface area contributed by atoms with Crippen molar-refractivity contribution < 1.29 is 8.42 Å². The SMILES string of the molecule is CC(C)S(=O)(=O)CCN(Cc1cccnc1)CC1CCNC1. The topological polar surface area (TPSA) is 62.3 Å². The van der Waals surface area contributed by atoms with Crippen LogP contribution in [0.2, 0.25) is 0 Å². The van der Waals surface area contributed by atoms with E-state index in [9.17, 15) is 8.42 Å².